The van der Waals surface area contributed by atoms with Crippen molar-refractivity contribution in [3.05, 3.63) is 29.8 Å². The fourth-order valence-electron chi connectivity index (χ4n) is 2.24. The van der Waals surface area contributed by atoms with Gasteiger partial charge in [-0.2, -0.15) is 4.31 Å². The Kier molecular flexibility index (Phi) is 5.80. The summed E-state index contributed by atoms with van der Waals surface area (Å²) in [5, 5.41) is 3.20. The lowest BCUT2D eigenvalue weighted by atomic mass is 10.2. The zero-order valence-corrected chi connectivity index (χ0v) is 12.9. The minimum atomic E-state index is -3.35. The van der Waals surface area contributed by atoms with E-state index < -0.39 is 10.0 Å². The third kappa shape index (κ3) is 3.48. The van der Waals surface area contributed by atoms with Crippen LogP contribution in [0.2, 0.25) is 0 Å². The molecule has 1 N–H and O–H groups in total. The van der Waals surface area contributed by atoms with Crippen LogP contribution in [0.15, 0.2) is 29.2 Å². The van der Waals surface area contributed by atoms with Gasteiger partial charge >= 0.3 is 0 Å². The normalized spacial score (nSPS) is 20.8. The molecule has 1 atom stereocenters. The Morgan fingerprint density at radius 3 is 2.79 bits per heavy atom. The summed E-state index contributed by atoms with van der Waals surface area (Å²) in [6, 6.07) is 7.25. The molecule has 1 aliphatic heterocycles. The average Bonchev–Trinajstić information content (AvgIpc) is 2.39. The first kappa shape index (κ1) is 16.4. The number of halogens is 1. The summed E-state index contributed by atoms with van der Waals surface area (Å²) in [5.41, 5.74) is 1.05. The maximum absolute atomic E-state index is 12.6. The highest BCUT2D eigenvalue weighted by atomic mass is 35.5. The number of rotatable bonds is 3. The van der Waals surface area contributed by atoms with Gasteiger partial charge in [0, 0.05) is 25.7 Å². The van der Waals surface area contributed by atoms with Gasteiger partial charge in [0.2, 0.25) is 10.0 Å². The van der Waals surface area contributed by atoms with Crippen LogP contribution in [-0.2, 0) is 16.4 Å². The summed E-state index contributed by atoms with van der Waals surface area (Å²) >= 11 is 0. The zero-order valence-electron chi connectivity index (χ0n) is 11.3. The summed E-state index contributed by atoms with van der Waals surface area (Å²) in [6.45, 7) is 5.94. The molecule has 1 saturated heterocycles. The number of nitrogens with zero attached hydrogens (tertiary/aromatic N) is 1. The van der Waals surface area contributed by atoms with Gasteiger partial charge < -0.3 is 5.32 Å². The second kappa shape index (κ2) is 6.70. The Morgan fingerprint density at radius 1 is 1.42 bits per heavy atom. The first-order valence-corrected chi connectivity index (χ1v) is 7.81. The van der Waals surface area contributed by atoms with E-state index in [0.717, 1.165) is 18.5 Å². The van der Waals surface area contributed by atoms with Crippen LogP contribution in [0.1, 0.15) is 19.4 Å². The second-order valence-electron chi connectivity index (χ2n) is 4.67. The molecule has 0 aromatic heterocycles. The van der Waals surface area contributed by atoms with Crippen LogP contribution < -0.4 is 5.32 Å². The van der Waals surface area contributed by atoms with Gasteiger partial charge in [0.1, 0.15) is 0 Å². The van der Waals surface area contributed by atoms with E-state index in [-0.39, 0.29) is 18.4 Å². The van der Waals surface area contributed by atoms with Crippen LogP contribution in [0.5, 0.6) is 0 Å². The Bertz CT molecular complexity index is 519. The molecule has 0 aliphatic carbocycles. The van der Waals surface area contributed by atoms with E-state index in [2.05, 4.69) is 5.32 Å². The maximum atomic E-state index is 12.6. The van der Waals surface area contributed by atoms with Crippen molar-refractivity contribution in [2.24, 2.45) is 0 Å². The van der Waals surface area contributed by atoms with Crippen molar-refractivity contribution in [1.29, 1.82) is 0 Å². The molecule has 1 aromatic rings. The van der Waals surface area contributed by atoms with Crippen molar-refractivity contribution >= 4 is 22.4 Å². The molecule has 1 heterocycles. The monoisotopic (exact) mass is 304 g/mol. The van der Waals surface area contributed by atoms with Crippen molar-refractivity contribution in [3.8, 4) is 0 Å². The number of benzene rings is 1. The molecule has 0 unspecified atom stereocenters. The second-order valence-corrected chi connectivity index (χ2v) is 6.56. The highest BCUT2D eigenvalue weighted by Gasteiger charge is 2.30. The molecule has 0 saturated carbocycles. The van der Waals surface area contributed by atoms with Gasteiger partial charge in [0.05, 0.1) is 4.90 Å². The van der Waals surface area contributed by atoms with Crippen molar-refractivity contribution in [1.82, 2.24) is 9.62 Å². The first-order valence-electron chi connectivity index (χ1n) is 6.37. The summed E-state index contributed by atoms with van der Waals surface area (Å²) in [5.74, 6) is 0. The van der Waals surface area contributed by atoms with Gasteiger partial charge in [0.25, 0.3) is 0 Å². The van der Waals surface area contributed by atoms with Crippen LogP contribution in [0.4, 0.5) is 0 Å². The summed E-state index contributed by atoms with van der Waals surface area (Å²) in [6.07, 6.45) is 0.848. The molecule has 0 radical (unpaired) electrons. The van der Waals surface area contributed by atoms with Crippen LogP contribution >= 0.6 is 12.4 Å². The maximum Gasteiger partial charge on any atom is 0.243 e. The van der Waals surface area contributed by atoms with Crippen molar-refractivity contribution in [3.63, 3.8) is 0 Å². The molecule has 6 heteroatoms. The average molecular weight is 305 g/mol. The zero-order chi connectivity index (χ0) is 13.2. The Hall–Kier alpha value is -0.620. The minimum Gasteiger partial charge on any atom is -0.314 e. The number of nitrogens with one attached hydrogen (secondary N) is 1. The predicted molar refractivity (Wildman–Crippen MR) is 79.3 cm³/mol. The minimum absolute atomic E-state index is 0. The van der Waals surface area contributed by atoms with E-state index in [1.54, 1.807) is 16.4 Å². The molecule has 108 valence electrons. The fourth-order valence-corrected chi connectivity index (χ4v) is 3.94. The number of hydrogen-bond acceptors (Lipinski definition) is 3. The number of hydrogen-bond donors (Lipinski definition) is 1. The van der Waals surface area contributed by atoms with E-state index in [9.17, 15) is 8.42 Å². The topological polar surface area (TPSA) is 49.4 Å². The van der Waals surface area contributed by atoms with Gasteiger partial charge in [-0.15, -0.1) is 12.4 Å². The molecule has 4 nitrogen and oxygen atoms in total. The third-order valence-electron chi connectivity index (χ3n) is 3.35. The predicted octanol–water partition coefficient (Wildman–Crippen LogP) is 1.65. The smallest absolute Gasteiger partial charge is 0.243 e. The van der Waals surface area contributed by atoms with Gasteiger partial charge in [-0.3, -0.25) is 0 Å². The molecule has 0 spiro atoms. The van der Waals surface area contributed by atoms with Crippen LogP contribution in [0.25, 0.3) is 0 Å². The lowest BCUT2D eigenvalue weighted by molar-refractivity contribution is 0.284. The lowest BCUT2D eigenvalue weighted by Gasteiger charge is -2.32. The Labute approximate surface area is 121 Å². The number of sulfonamides is 1. The van der Waals surface area contributed by atoms with Gasteiger partial charge in [0.15, 0.2) is 0 Å². The van der Waals surface area contributed by atoms with Gasteiger partial charge in [-0.1, -0.05) is 19.1 Å². The summed E-state index contributed by atoms with van der Waals surface area (Å²) in [7, 11) is -3.35. The van der Waals surface area contributed by atoms with E-state index >= 15 is 0 Å². The molecule has 0 amide bonds. The number of piperazine rings is 1. The Balaban J connectivity index is 0.00000180. The SMILES string of the molecule is CCc1cccc(S(=O)(=O)N2CCNC[C@@H]2C)c1.Cl. The van der Waals surface area contributed by atoms with Crippen molar-refractivity contribution in [2.75, 3.05) is 19.6 Å². The summed E-state index contributed by atoms with van der Waals surface area (Å²) in [4.78, 5) is 0.413. The van der Waals surface area contributed by atoms with Crippen LogP contribution in [0, 0.1) is 0 Å². The van der Waals surface area contributed by atoms with Crippen LogP contribution in [-0.4, -0.2) is 38.4 Å². The lowest BCUT2D eigenvalue weighted by Crippen LogP contribution is -2.52. The van der Waals surface area contributed by atoms with Gasteiger partial charge in [-0.05, 0) is 31.0 Å². The molecule has 19 heavy (non-hydrogen) atoms. The summed E-state index contributed by atoms with van der Waals surface area (Å²) < 4.78 is 26.7. The highest BCUT2D eigenvalue weighted by Crippen LogP contribution is 2.20. The quantitative estimate of drug-likeness (QED) is 0.924. The molecule has 1 aromatic carbocycles. The molecule has 2 rings (SSSR count). The van der Waals surface area contributed by atoms with Crippen molar-refractivity contribution < 1.29 is 8.42 Å². The van der Waals surface area contributed by atoms with Crippen molar-refractivity contribution in [2.45, 2.75) is 31.2 Å². The first-order chi connectivity index (χ1) is 8.55. The standard InChI is InChI=1S/C13H20N2O2S.ClH/c1-3-12-5-4-6-13(9-12)18(16,17)15-8-7-14-10-11(15)2;/h4-6,9,11,14H,3,7-8,10H2,1-2H3;1H/t11-;/m0./s1. The molecular weight excluding hydrogens is 284 g/mol. The van der Waals surface area contributed by atoms with E-state index in [4.69, 9.17) is 0 Å². The molecule has 1 aliphatic rings. The highest BCUT2D eigenvalue weighted by molar-refractivity contribution is 7.89. The molecule has 1 fully saturated rings. The Morgan fingerprint density at radius 2 is 2.16 bits per heavy atom. The van der Waals surface area contributed by atoms with E-state index in [0.29, 0.717) is 18.0 Å². The third-order valence-corrected chi connectivity index (χ3v) is 5.36. The van der Waals surface area contributed by atoms with Gasteiger partial charge in [-0.25, -0.2) is 8.42 Å². The molecule has 0 bridgehead atoms. The van der Waals surface area contributed by atoms with E-state index in [1.165, 1.54) is 0 Å². The van der Waals surface area contributed by atoms with E-state index in [1.807, 2.05) is 26.0 Å². The van der Waals surface area contributed by atoms with Crippen LogP contribution in [0.3, 0.4) is 0 Å². The fraction of sp³-hybridized carbons (Fsp3) is 0.538. The number of aryl methyl sites for hydroxylation is 1. The largest absolute Gasteiger partial charge is 0.314 e. The molecular formula is C13H21ClN2O2S.